The molecule has 0 aliphatic carbocycles. The minimum Gasteiger partial charge on any atom is -0.493 e. The summed E-state index contributed by atoms with van der Waals surface area (Å²) in [5, 5.41) is 0. The number of benzene rings is 3. The molecule has 0 saturated heterocycles. The second-order valence-corrected chi connectivity index (χ2v) is 7.55. The summed E-state index contributed by atoms with van der Waals surface area (Å²) in [6, 6.07) is 18.9. The van der Waals surface area contributed by atoms with E-state index in [4.69, 9.17) is 14.2 Å². The summed E-state index contributed by atoms with van der Waals surface area (Å²) in [4.78, 5) is 16.6. The number of carbonyl (C=O) groups excluding carboxylic acids is 1. The first-order valence-electron chi connectivity index (χ1n) is 9.36. The highest BCUT2D eigenvalue weighted by Gasteiger charge is 2.24. The lowest BCUT2D eigenvalue weighted by molar-refractivity contribution is -0.129. The van der Waals surface area contributed by atoms with Crippen LogP contribution < -0.4 is 9.47 Å². The number of aliphatic imine (C=N–C) groups is 1. The molecule has 0 N–H and O–H groups in total. The molecule has 3 aromatic carbocycles. The van der Waals surface area contributed by atoms with Crippen molar-refractivity contribution in [3.63, 3.8) is 0 Å². The van der Waals surface area contributed by atoms with Crippen LogP contribution in [-0.2, 0) is 16.1 Å². The summed E-state index contributed by atoms with van der Waals surface area (Å²) < 4.78 is 31.1. The summed E-state index contributed by atoms with van der Waals surface area (Å²) >= 11 is 3.39. The Morgan fingerprint density at radius 1 is 1.06 bits per heavy atom. The zero-order chi connectivity index (χ0) is 21.8. The van der Waals surface area contributed by atoms with E-state index in [0.29, 0.717) is 28.2 Å². The lowest BCUT2D eigenvalue weighted by Crippen LogP contribution is -2.05. The van der Waals surface area contributed by atoms with Crippen molar-refractivity contribution in [3.8, 4) is 11.5 Å². The highest BCUT2D eigenvalue weighted by molar-refractivity contribution is 9.10. The number of hydrogen-bond acceptors (Lipinski definition) is 5. The van der Waals surface area contributed by atoms with Crippen molar-refractivity contribution < 1.29 is 23.4 Å². The smallest absolute Gasteiger partial charge is 0.363 e. The number of carbonyl (C=O) groups is 1. The van der Waals surface area contributed by atoms with E-state index in [1.807, 2.05) is 24.3 Å². The molecule has 156 valence electrons. The number of halogens is 2. The molecule has 0 fully saturated rings. The predicted molar refractivity (Wildman–Crippen MR) is 118 cm³/mol. The fourth-order valence-electron chi connectivity index (χ4n) is 2.98. The van der Waals surface area contributed by atoms with Crippen LogP contribution in [0.5, 0.6) is 11.5 Å². The number of esters is 1. The third-order valence-corrected chi connectivity index (χ3v) is 5.02. The highest BCUT2D eigenvalue weighted by Crippen LogP contribution is 2.30. The molecule has 0 unspecified atom stereocenters. The topological polar surface area (TPSA) is 57.1 Å². The van der Waals surface area contributed by atoms with Crippen LogP contribution in [0, 0.1) is 5.82 Å². The van der Waals surface area contributed by atoms with Crippen LogP contribution in [0.3, 0.4) is 0 Å². The van der Waals surface area contributed by atoms with Crippen molar-refractivity contribution >= 4 is 33.9 Å². The van der Waals surface area contributed by atoms with Crippen LogP contribution in [0.2, 0.25) is 0 Å². The molecule has 1 heterocycles. The van der Waals surface area contributed by atoms with Gasteiger partial charge in [0, 0.05) is 15.6 Å². The van der Waals surface area contributed by atoms with Gasteiger partial charge in [0.15, 0.2) is 17.2 Å². The fraction of sp³-hybridized carbons (Fsp3) is 0.0833. The van der Waals surface area contributed by atoms with E-state index < -0.39 is 5.97 Å². The minimum atomic E-state index is -0.533. The molecule has 3 aromatic rings. The second kappa shape index (κ2) is 9.14. The van der Waals surface area contributed by atoms with Gasteiger partial charge in [-0.3, -0.25) is 0 Å². The Bertz CT molecular complexity index is 1210. The molecule has 0 spiro atoms. The molecular formula is C24H17BrFNO4. The summed E-state index contributed by atoms with van der Waals surface area (Å²) in [7, 11) is 1.51. The van der Waals surface area contributed by atoms with Gasteiger partial charge < -0.3 is 14.2 Å². The van der Waals surface area contributed by atoms with Gasteiger partial charge in [0.2, 0.25) is 5.90 Å². The molecule has 0 saturated carbocycles. The Labute approximate surface area is 186 Å². The molecule has 1 aliphatic rings. The van der Waals surface area contributed by atoms with Crippen LogP contribution >= 0.6 is 15.9 Å². The number of methoxy groups -OCH3 is 1. The van der Waals surface area contributed by atoms with Gasteiger partial charge >= 0.3 is 5.97 Å². The highest BCUT2D eigenvalue weighted by atomic mass is 79.9. The zero-order valence-electron chi connectivity index (χ0n) is 16.5. The molecule has 1 aliphatic heterocycles. The molecule has 0 amide bonds. The van der Waals surface area contributed by atoms with Crippen molar-refractivity contribution in [2.45, 2.75) is 6.61 Å². The first-order chi connectivity index (χ1) is 15.0. The zero-order valence-corrected chi connectivity index (χ0v) is 18.1. The summed E-state index contributed by atoms with van der Waals surface area (Å²) in [5.41, 5.74) is 2.00. The molecule has 0 aromatic heterocycles. The van der Waals surface area contributed by atoms with Gasteiger partial charge in [0.05, 0.1) is 7.11 Å². The predicted octanol–water partition coefficient (Wildman–Crippen LogP) is 5.52. The Morgan fingerprint density at radius 2 is 1.90 bits per heavy atom. The Kier molecular flexibility index (Phi) is 6.13. The van der Waals surface area contributed by atoms with Gasteiger partial charge in [0.25, 0.3) is 0 Å². The van der Waals surface area contributed by atoms with Gasteiger partial charge in [-0.25, -0.2) is 14.2 Å². The molecule has 5 nitrogen and oxygen atoms in total. The summed E-state index contributed by atoms with van der Waals surface area (Å²) in [5.74, 6) is 0.290. The average Bonchev–Trinajstić information content (AvgIpc) is 3.14. The Balaban J connectivity index is 1.55. The van der Waals surface area contributed by atoms with E-state index in [-0.39, 0.29) is 24.0 Å². The number of nitrogens with zero attached hydrogens (tertiary/aromatic N) is 1. The lowest BCUT2D eigenvalue weighted by Gasteiger charge is -2.12. The van der Waals surface area contributed by atoms with Crippen molar-refractivity contribution in [1.29, 1.82) is 0 Å². The largest absolute Gasteiger partial charge is 0.493 e. The molecule has 4 rings (SSSR count). The fourth-order valence-corrected chi connectivity index (χ4v) is 3.38. The maximum absolute atomic E-state index is 13.8. The lowest BCUT2D eigenvalue weighted by atomic mass is 10.1. The number of ether oxygens (including phenoxy) is 3. The Morgan fingerprint density at radius 3 is 2.68 bits per heavy atom. The van der Waals surface area contributed by atoms with E-state index in [1.54, 1.807) is 42.5 Å². The van der Waals surface area contributed by atoms with Gasteiger partial charge in [-0.05, 0) is 48.0 Å². The van der Waals surface area contributed by atoms with Gasteiger partial charge in [-0.15, -0.1) is 0 Å². The van der Waals surface area contributed by atoms with Crippen LogP contribution in [0.1, 0.15) is 16.7 Å². The number of hydrogen-bond donors (Lipinski definition) is 0. The molecule has 7 heteroatoms. The normalized spacial score (nSPS) is 14.4. The number of cyclic esters (lactones) is 1. The monoisotopic (exact) mass is 481 g/mol. The summed E-state index contributed by atoms with van der Waals surface area (Å²) in [6.07, 6.45) is 1.61. The van der Waals surface area contributed by atoms with Gasteiger partial charge in [-0.1, -0.05) is 46.3 Å². The van der Waals surface area contributed by atoms with Crippen molar-refractivity contribution in [2.75, 3.05) is 7.11 Å². The van der Waals surface area contributed by atoms with Crippen molar-refractivity contribution in [3.05, 3.63) is 99.4 Å². The third kappa shape index (κ3) is 4.83. The van der Waals surface area contributed by atoms with E-state index in [0.717, 1.165) is 4.47 Å². The molecule has 0 bridgehead atoms. The average molecular weight is 482 g/mol. The van der Waals surface area contributed by atoms with Crippen LogP contribution in [0.15, 0.2) is 81.9 Å². The molecular weight excluding hydrogens is 465 g/mol. The first kappa shape index (κ1) is 20.8. The maximum atomic E-state index is 13.8. The van der Waals surface area contributed by atoms with Crippen molar-refractivity contribution in [1.82, 2.24) is 0 Å². The standard InChI is InChI=1S/C24H17BrFNO4/c1-29-22-12-15(9-10-21(22)30-14-17-5-2-3-8-19(17)26)11-20-24(28)31-23(27-20)16-6-4-7-18(25)13-16/h2-13H,14H2,1H3/b20-11-. The quantitative estimate of drug-likeness (QED) is 0.343. The minimum absolute atomic E-state index is 0.0656. The number of rotatable bonds is 6. The van der Waals surface area contributed by atoms with Gasteiger partial charge in [0.1, 0.15) is 12.4 Å². The van der Waals surface area contributed by atoms with E-state index in [2.05, 4.69) is 20.9 Å². The summed E-state index contributed by atoms with van der Waals surface area (Å²) in [6.45, 7) is 0.0656. The molecule has 31 heavy (non-hydrogen) atoms. The van der Waals surface area contributed by atoms with Gasteiger partial charge in [-0.2, -0.15) is 0 Å². The molecule has 0 radical (unpaired) electrons. The van der Waals surface area contributed by atoms with E-state index in [9.17, 15) is 9.18 Å². The SMILES string of the molecule is COc1cc(/C=C2\N=C(c3cccc(Br)c3)OC2=O)ccc1OCc1ccccc1F. The third-order valence-electron chi connectivity index (χ3n) is 4.52. The van der Waals surface area contributed by atoms with Crippen LogP contribution in [0.25, 0.3) is 6.08 Å². The van der Waals surface area contributed by atoms with E-state index in [1.165, 1.54) is 13.2 Å². The van der Waals surface area contributed by atoms with Crippen molar-refractivity contribution in [2.24, 2.45) is 4.99 Å². The maximum Gasteiger partial charge on any atom is 0.363 e. The van der Waals surface area contributed by atoms with Crippen LogP contribution in [-0.4, -0.2) is 19.0 Å². The first-order valence-corrected chi connectivity index (χ1v) is 10.2. The second-order valence-electron chi connectivity index (χ2n) is 6.64. The molecule has 0 atom stereocenters. The van der Waals surface area contributed by atoms with Crippen LogP contribution in [0.4, 0.5) is 4.39 Å². The van der Waals surface area contributed by atoms with E-state index >= 15 is 0 Å². The Hall–Kier alpha value is -3.45.